The maximum Gasteiger partial charge on any atom is 0.323 e. The Bertz CT molecular complexity index is 409. The van der Waals surface area contributed by atoms with Crippen molar-refractivity contribution in [2.45, 2.75) is 32.6 Å². The zero-order valence-corrected chi connectivity index (χ0v) is 12.0. The van der Waals surface area contributed by atoms with Crippen LogP contribution < -0.4 is 5.32 Å². The lowest BCUT2D eigenvalue weighted by atomic mass is 10.3. The van der Waals surface area contributed by atoms with E-state index in [1.165, 1.54) is 4.90 Å². The number of hydrogen-bond acceptors (Lipinski definition) is 5. The topological polar surface area (TPSA) is 78.4 Å². The van der Waals surface area contributed by atoms with Gasteiger partial charge >= 0.3 is 6.03 Å². The fourth-order valence-electron chi connectivity index (χ4n) is 1.47. The van der Waals surface area contributed by atoms with Crippen molar-refractivity contribution >= 4 is 22.5 Å². The van der Waals surface area contributed by atoms with Crippen LogP contribution in [0.3, 0.4) is 0 Å². The molecule has 1 heterocycles. The molecule has 0 aromatic carbocycles. The fraction of sp³-hybridized carbons (Fsp3) is 0.727. The molecule has 0 unspecified atom stereocenters. The summed E-state index contributed by atoms with van der Waals surface area (Å²) in [5.74, 6) is 0. The van der Waals surface area contributed by atoms with Crippen LogP contribution >= 0.6 is 11.3 Å². The molecule has 1 aromatic rings. The van der Waals surface area contributed by atoms with E-state index in [2.05, 4.69) is 15.5 Å². The van der Waals surface area contributed by atoms with Gasteiger partial charge in [0.25, 0.3) is 6.43 Å². The van der Waals surface area contributed by atoms with E-state index in [9.17, 15) is 13.6 Å². The monoisotopic (exact) mass is 308 g/mol. The zero-order valence-electron chi connectivity index (χ0n) is 11.2. The van der Waals surface area contributed by atoms with Crippen molar-refractivity contribution in [1.29, 1.82) is 0 Å². The third-order valence-electron chi connectivity index (χ3n) is 2.50. The molecule has 1 aromatic heterocycles. The van der Waals surface area contributed by atoms with Gasteiger partial charge in [0.1, 0.15) is 0 Å². The summed E-state index contributed by atoms with van der Waals surface area (Å²) >= 11 is 0.654. The highest BCUT2D eigenvalue weighted by Crippen LogP contribution is 2.25. The van der Waals surface area contributed by atoms with E-state index in [-0.39, 0.29) is 11.7 Å². The molecule has 0 bridgehead atoms. The van der Waals surface area contributed by atoms with Crippen molar-refractivity contribution in [3.05, 3.63) is 5.01 Å². The van der Waals surface area contributed by atoms with Gasteiger partial charge in [-0.25, -0.2) is 13.6 Å². The van der Waals surface area contributed by atoms with Crippen molar-refractivity contribution in [2.24, 2.45) is 0 Å². The molecule has 0 aliphatic rings. The maximum absolute atomic E-state index is 12.4. The molecule has 0 aliphatic heterocycles. The second-order valence-corrected chi connectivity index (χ2v) is 5.10. The zero-order chi connectivity index (χ0) is 15.0. The number of unbranched alkanes of at least 4 members (excludes halogenated alkanes) is 1. The number of hydrogen-bond donors (Lipinski definition) is 2. The number of halogens is 2. The second-order valence-electron chi connectivity index (χ2n) is 4.09. The Morgan fingerprint density at radius 1 is 1.40 bits per heavy atom. The van der Waals surface area contributed by atoms with Crippen LogP contribution in [0.5, 0.6) is 0 Å². The summed E-state index contributed by atoms with van der Waals surface area (Å²) in [5, 5.41) is 17.7. The first-order valence-electron chi connectivity index (χ1n) is 6.36. The first kappa shape index (κ1) is 16.7. The SMILES string of the molecule is CCCCN(CCCO)C(=O)Nc1nnc(C(F)F)s1. The number of aliphatic hydroxyl groups excluding tert-OH is 1. The molecule has 114 valence electrons. The molecule has 0 fully saturated rings. The number of urea groups is 1. The molecule has 2 amide bonds. The quantitative estimate of drug-likeness (QED) is 0.773. The van der Waals surface area contributed by atoms with E-state index in [0.29, 0.717) is 30.8 Å². The minimum atomic E-state index is -2.69. The molecule has 2 N–H and O–H groups in total. The molecule has 0 radical (unpaired) electrons. The molecular weight excluding hydrogens is 290 g/mol. The van der Waals surface area contributed by atoms with Crippen LogP contribution in [0.25, 0.3) is 0 Å². The number of carbonyl (C=O) groups is 1. The predicted molar refractivity (Wildman–Crippen MR) is 72.1 cm³/mol. The van der Waals surface area contributed by atoms with Gasteiger partial charge in [0, 0.05) is 19.7 Å². The average molecular weight is 308 g/mol. The van der Waals surface area contributed by atoms with Crippen LogP contribution in [0.15, 0.2) is 0 Å². The highest BCUT2D eigenvalue weighted by Gasteiger charge is 2.18. The lowest BCUT2D eigenvalue weighted by Gasteiger charge is -2.21. The second kappa shape index (κ2) is 8.75. The van der Waals surface area contributed by atoms with Crippen LogP contribution in [0.1, 0.15) is 37.6 Å². The lowest BCUT2D eigenvalue weighted by molar-refractivity contribution is 0.150. The van der Waals surface area contributed by atoms with E-state index in [1.54, 1.807) is 0 Å². The first-order valence-corrected chi connectivity index (χ1v) is 7.18. The first-order chi connectivity index (χ1) is 9.58. The minimum Gasteiger partial charge on any atom is -0.396 e. The molecule has 1 rings (SSSR count). The number of anilines is 1. The number of carbonyl (C=O) groups excluding carboxylic acids is 1. The van der Waals surface area contributed by atoms with E-state index < -0.39 is 17.5 Å². The average Bonchev–Trinajstić information content (AvgIpc) is 2.87. The van der Waals surface area contributed by atoms with Gasteiger partial charge in [-0.15, -0.1) is 10.2 Å². The molecular formula is C11H18F2N4O2S. The van der Waals surface area contributed by atoms with Gasteiger partial charge in [-0.1, -0.05) is 24.7 Å². The Hall–Kier alpha value is -1.35. The number of rotatable bonds is 8. The smallest absolute Gasteiger partial charge is 0.323 e. The third-order valence-corrected chi connectivity index (χ3v) is 3.34. The van der Waals surface area contributed by atoms with Gasteiger partial charge in [0.05, 0.1) is 0 Å². The number of nitrogens with zero attached hydrogens (tertiary/aromatic N) is 3. The summed E-state index contributed by atoms with van der Waals surface area (Å²) in [6.45, 7) is 2.94. The van der Waals surface area contributed by atoms with Gasteiger partial charge in [-0.3, -0.25) is 5.32 Å². The normalized spacial score (nSPS) is 10.8. The molecule has 20 heavy (non-hydrogen) atoms. The summed E-state index contributed by atoms with van der Waals surface area (Å²) in [4.78, 5) is 13.5. The summed E-state index contributed by atoms with van der Waals surface area (Å²) in [6.07, 6.45) is -0.465. The molecule has 0 aliphatic carbocycles. The van der Waals surface area contributed by atoms with E-state index in [1.807, 2.05) is 6.92 Å². The maximum atomic E-state index is 12.4. The van der Waals surface area contributed by atoms with Crippen molar-refractivity contribution < 1.29 is 18.7 Å². The number of nitrogens with one attached hydrogen (secondary N) is 1. The Kier molecular flexibility index (Phi) is 7.31. The predicted octanol–water partition coefficient (Wildman–Crippen LogP) is 2.49. The van der Waals surface area contributed by atoms with Crippen LogP contribution in [0.2, 0.25) is 0 Å². The van der Waals surface area contributed by atoms with Crippen LogP contribution in [-0.2, 0) is 0 Å². The Morgan fingerprint density at radius 2 is 2.10 bits per heavy atom. The minimum absolute atomic E-state index is 0.00968. The standard InChI is InChI=1S/C11H18F2N4O2S/c1-2-3-5-17(6-4-7-18)11(19)14-10-16-15-9(20-10)8(12)13/h8,18H,2-7H2,1H3,(H,14,16,19). The van der Waals surface area contributed by atoms with Crippen LogP contribution in [0.4, 0.5) is 18.7 Å². The van der Waals surface area contributed by atoms with Gasteiger partial charge in [0.2, 0.25) is 5.13 Å². The van der Waals surface area contributed by atoms with E-state index in [4.69, 9.17) is 5.11 Å². The Labute approximate surface area is 119 Å². The molecule has 0 saturated heterocycles. The summed E-state index contributed by atoms with van der Waals surface area (Å²) in [5.41, 5.74) is 0. The largest absolute Gasteiger partial charge is 0.396 e. The van der Waals surface area contributed by atoms with Crippen molar-refractivity contribution in [1.82, 2.24) is 15.1 Å². The van der Waals surface area contributed by atoms with E-state index in [0.717, 1.165) is 12.8 Å². The molecule has 0 atom stereocenters. The molecule has 0 spiro atoms. The van der Waals surface area contributed by atoms with Gasteiger partial charge < -0.3 is 10.0 Å². The number of alkyl halides is 2. The molecule has 6 nitrogen and oxygen atoms in total. The number of amides is 2. The van der Waals surface area contributed by atoms with E-state index >= 15 is 0 Å². The summed E-state index contributed by atoms with van der Waals surface area (Å²) in [6, 6.07) is -0.413. The van der Waals surface area contributed by atoms with Gasteiger partial charge in [-0.2, -0.15) is 0 Å². The number of aromatic nitrogens is 2. The fourth-order valence-corrected chi connectivity index (χ4v) is 2.06. The van der Waals surface area contributed by atoms with Crippen molar-refractivity contribution in [3.8, 4) is 0 Å². The highest BCUT2D eigenvalue weighted by molar-refractivity contribution is 7.15. The summed E-state index contributed by atoms with van der Waals surface area (Å²) in [7, 11) is 0. The van der Waals surface area contributed by atoms with Gasteiger partial charge in [-0.05, 0) is 12.8 Å². The lowest BCUT2D eigenvalue weighted by Crippen LogP contribution is -2.36. The van der Waals surface area contributed by atoms with Crippen LogP contribution in [-0.4, -0.2) is 45.9 Å². The van der Waals surface area contributed by atoms with Crippen molar-refractivity contribution in [3.63, 3.8) is 0 Å². The molecule has 9 heteroatoms. The van der Waals surface area contributed by atoms with Crippen LogP contribution in [0, 0.1) is 0 Å². The third kappa shape index (κ3) is 5.33. The molecule has 0 saturated carbocycles. The summed E-state index contributed by atoms with van der Waals surface area (Å²) < 4.78 is 24.7. The Morgan fingerprint density at radius 3 is 2.65 bits per heavy atom. The highest BCUT2D eigenvalue weighted by atomic mass is 32.1. The Balaban J connectivity index is 2.58. The number of aliphatic hydroxyl groups is 1. The van der Waals surface area contributed by atoms with Gasteiger partial charge in [0.15, 0.2) is 5.01 Å². The van der Waals surface area contributed by atoms with Crippen molar-refractivity contribution in [2.75, 3.05) is 25.0 Å².